The third-order valence-corrected chi connectivity index (χ3v) is 10.5. The van der Waals surface area contributed by atoms with E-state index in [1.807, 2.05) is 26.0 Å². The molecule has 11 heteroatoms. The molecule has 1 aromatic rings. The van der Waals surface area contributed by atoms with Gasteiger partial charge in [0.25, 0.3) is 0 Å². The number of benzene rings is 1. The highest BCUT2D eigenvalue weighted by atomic mass is 32.2. The molecule has 4 amide bonds. The van der Waals surface area contributed by atoms with Crippen molar-refractivity contribution in [2.24, 2.45) is 11.8 Å². The number of amides is 4. The Bertz CT molecular complexity index is 1270. The lowest BCUT2D eigenvalue weighted by Crippen LogP contribution is -2.56. The highest BCUT2D eigenvalue weighted by molar-refractivity contribution is 7.92. The molecule has 4 fully saturated rings. The standard InChI is InChI=1S/C28H39N5O5S/c1-18-4-6-21(7-5-18)25-30-26(35)28(31-25)10-13-32(14-11-28)39(37,38)15-9-23-19(2)16-22(17-20(23)3)33-12-8-24(34)29-27(33)36/h9,15-18,21,25,31H,4-8,10-14H2,1-3H3,(H,30,35)(H,29,34,36)/b15-9+. The summed E-state index contributed by atoms with van der Waals surface area (Å²) in [6.07, 6.45) is 7.26. The number of hydrogen-bond acceptors (Lipinski definition) is 6. The van der Waals surface area contributed by atoms with Crippen molar-refractivity contribution in [3.63, 3.8) is 0 Å². The lowest BCUT2D eigenvalue weighted by atomic mass is 9.81. The summed E-state index contributed by atoms with van der Waals surface area (Å²) in [5.41, 5.74) is 2.39. The number of imide groups is 1. The number of rotatable bonds is 5. The zero-order valence-corrected chi connectivity index (χ0v) is 23.8. The number of anilines is 1. The van der Waals surface area contributed by atoms with Crippen LogP contribution in [0.15, 0.2) is 17.5 Å². The topological polar surface area (TPSA) is 128 Å². The number of aryl methyl sites for hydroxylation is 2. The third-order valence-electron chi connectivity index (χ3n) is 8.97. The molecule has 3 aliphatic heterocycles. The number of carbonyl (C=O) groups is 3. The van der Waals surface area contributed by atoms with Gasteiger partial charge in [-0.3, -0.25) is 25.1 Å². The van der Waals surface area contributed by atoms with Gasteiger partial charge < -0.3 is 5.32 Å². The van der Waals surface area contributed by atoms with E-state index in [-0.39, 0.29) is 37.5 Å². The smallest absolute Gasteiger partial charge is 0.328 e. The Labute approximate surface area is 230 Å². The molecule has 39 heavy (non-hydrogen) atoms. The summed E-state index contributed by atoms with van der Waals surface area (Å²) >= 11 is 0. The molecule has 5 rings (SSSR count). The number of nitrogens with zero attached hydrogens (tertiary/aromatic N) is 2. The molecule has 1 aliphatic carbocycles. The third kappa shape index (κ3) is 5.62. The SMILES string of the molecule is Cc1cc(N2CCC(=O)NC2=O)cc(C)c1/C=C/S(=O)(=O)N1CCC2(CC1)NC(C1CCC(C)CC1)NC2=O. The highest BCUT2D eigenvalue weighted by Gasteiger charge is 2.50. The summed E-state index contributed by atoms with van der Waals surface area (Å²) in [4.78, 5) is 38.2. The normalized spacial score (nSPS) is 28.2. The molecule has 1 atom stereocenters. The van der Waals surface area contributed by atoms with Crippen molar-refractivity contribution >= 4 is 39.6 Å². The molecule has 10 nitrogen and oxygen atoms in total. The molecule has 1 saturated carbocycles. The molecule has 0 bridgehead atoms. The predicted octanol–water partition coefficient (Wildman–Crippen LogP) is 2.76. The van der Waals surface area contributed by atoms with Crippen molar-refractivity contribution in [3.8, 4) is 0 Å². The van der Waals surface area contributed by atoms with Crippen molar-refractivity contribution < 1.29 is 22.8 Å². The van der Waals surface area contributed by atoms with Gasteiger partial charge in [0.1, 0.15) is 5.54 Å². The zero-order valence-electron chi connectivity index (χ0n) is 23.0. The molecule has 3 saturated heterocycles. The number of nitrogens with one attached hydrogen (secondary N) is 3. The first-order valence-corrected chi connectivity index (χ1v) is 15.5. The summed E-state index contributed by atoms with van der Waals surface area (Å²) in [7, 11) is -3.68. The number of piperidine rings is 1. The second-order valence-electron chi connectivity index (χ2n) is 11.7. The van der Waals surface area contributed by atoms with Crippen molar-refractivity contribution in [2.45, 2.75) is 77.4 Å². The maximum atomic E-state index is 13.2. The van der Waals surface area contributed by atoms with Crippen LogP contribution in [0.1, 0.15) is 68.6 Å². The van der Waals surface area contributed by atoms with Crippen LogP contribution in [0, 0.1) is 25.7 Å². The second kappa shape index (κ2) is 10.7. The minimum atomic E-state index is -3.68. The van der Waals surface area contributed by atoms with Crippen molar-refractivity contribution in [1.82, 2.24) is 20.3 Å². The van der Waals surface area contributed by atoms with Gasteiger partial charge >= 0.3 is 6.03 Å². The van der Waals surface area contributed by atoms with Gasteiger partial charge in [-0.1, -0.05) is 19.8 Å². The minimum Gasteiger partial charge on any atom is -0.339 e. The summed E-state index contributed by atoms with van der Waals surface area (Å²) in [6.45, 7) is 6.88. The Balaban J connectivity index is 1.23. The van der Waals surface area contributed by atoms with Crippen LogP contribution in [-0.4, -0.2) is 61.9 Å². The molecule has 0 radical (unpaired) electrons. The first-order chi connectivity index (χ1) is 18.5. The Morgan fingerprint density at radius 3 is 2.23 bits per heavy atom. The quantitative estimate of drug-likeness (QED) is 0.511. The summed E-state index contributed by atoms with van der Waals surface area (Å²) < 4.78 is 27.9. The van der Waals surface area contributed by atoms with Crippen LogP contribution in [0.25, 0.3) is 6.08 Å². The number of carbonyl (C=O) groups excluding carboxylic acids is 3. The summed E-state index contributed by atoms with van der Waals surface area (Å²) in [5, 5.41) is 10.3. The van der Waals surface area contributed by atoms with Crippen LogP contribution >= 0.6 is 0 Å². The van der Waals surface area contributed by atoms with E-state index in [4.69, 9.17) is 0 Å². The molecule has 3 heterocycles. The van der Waals surface area contributed by atoms with Crippen LogP contribution in [0.3, 0.4) is 0 Å². The molecule has 1 aromatic carbocycles. The fourth-order valence-electron chi connectivity index (χ4n) is 6.45. The van der Waals surface area contributed by atoms with Gasteiger partial charge in [0.15, 0.2) is 0 Å². The number of sulfonamides is 1. The summed E-state index contributed by atoms with van der Waals surface area (Å²) in [6, 6.07) is 3.20. The molecule has 1 unspecified atom stereocenters. The monoisotopic (exact) mass is 557 g/mol. The van der Waals surface area contributed by atoms with Crippen LogP contribution in [0.4, 0.5) is 10.5 Å². The highest BCUT2D eigenvalue weighted by Crippen LogP contribution is 2.35. The Morgan fingerprint density at radius 2 is 1.62 bits per heavy atom. The van der Waals surface area contributed by atoms with E-state index in [0.29, 0.717) is 31.0 Å². The predicted molar refractivity (Wildman–Crippen MR) is 149 cm³/mol. The summed E-state index contributed by atoms with van der Waals surface area (Å²) in [5.74, 6) is 0.874. The van der Waals surface area contributed by atoms with E-state index < -0.39 is 21.6 Å². The van der Waals surface area contributed by atoms with Gasteiger partial charge in [-0.15, -0.1) is 0 Å². The first kappa shape index (κ1) is 27.8. The number of urea groups is 1. The second-order valence-corrected chi connectivity index (χ2v) is 13.5. The van der Waals surface area contributed by atoms with E-state index in [1.54, 1.807) is 6.08 Å². The van der Waals surface area contributed by atoms with E-state index in [1.165, 1.54) is 27.5 Å². The minimum absolute atomic E-state index is 0.00296. The van der Waals surface area contributed by atoms with Crippen LogP contribution in [0.2, 0.25) is 0 Å². The zero-order chi connectivity index (χ0) is 27.9. The van der Waals surface area contributed by atoms with E-state index >= 15 is 0 Å². The molecule has 4 aliphatic rings. The first-order valence-electron chi connectivity index (χ1n) is 14.0. The largest absolute Gasteiger partial charge is 0.339 e. The van der Waals surface area contributed by atoms with Crippen molar-refractivity contribution in [1.29, 1.82) is 0 Å². The fourth-order valence-corrected chi connectivity index (χ4v) is 7.62. The van der Waals surface area contributed by atoms with Crippen molar-refractivity contribution in [2.75, 3.05) is 24.5 Å². The maximum absolute atomic E-state index is 13.2. The average Bonchev–Trinajstić information content (AvgIpc) is 3.19. The van der Waals surface area contributed by atoms with Gasteiger partial charge in [0.05, 0.1) is 6.17 Å². The lowest BCUT2D eigenvalue weighted by Gasteiger charge is -2.37. The van der Waals surface area contributed by atoms with Gasteiger partial charge in [-0.2, -0.15) is 4.31 Å². The van der Waals surface area contributed by atoms with E-state index in [0.717, 1.165) is 35.4 Å². The molecular weight excluding hydrogens is 518 g/mol. The van der Waals surface area contributed by atoms with Crippen LogP contribution in [0.5, 0.6) is 0 Å². The molecule has 1 spiro atoms. The van der Waals surface area contributed by atoms with Gasteiger partial charge in [-0.05, 0) is 86.3 Å². The molecule has 212 valence electrons. The Hall–Kier alpha value is -2.76. The van der Waals surface area contributed by atoms with E-state index in [2.05, 4.69) is 22.9 Å². The Kier molecular flexibility index (Phi) is 7.60. The van der Waals surface area contributed by atoms with Crippen LogP contribution in [-0.2, 0) is 19.6 Å². The Morgan fingerprint density at radius 1 is 0.974 bits per heavy atom. The number of hydrogen-bond donors (Lipinski definition) is 3. The maximum Gasteiger partial charge on any atom is 0.328 e. The molecule has 3 N–H and O–H groups in total. The molecule has 0 aromatic heterocycles. The van der Waals surface area contributed by atoms with Crippen LogP contribution < -0.4 is 20.9 Å². The van der Waals surface area contributed by atoms with Gasteiger partial charge in [0, 0.05) is 37.2 Å². The van der Waals surface area contributed by atoms with Gasteiger partial charge in [0.2, 0.25) is 21.8 Å². The van der Waals surface area contributed by atoms with E-state index in [9.17, 15) is 22.8 Å². The van der Waals surface area contributed by atoms with Gasteiger partial charge in [-0.25, -0.2) is 13.2 Å². The van der Waals surface area contributed by atoms with Crippen molar-refractivity contribution in [3.05, 3.63) is 34.2 Å². The fraction of sp³-hybridized carbons (Fsp3) is 0.607. The lowest BCUT2D eigenvalue weighted by molar-refractivity contribution is -0.125. The average molecular weight is 558 g/mol. The molecular formula is C28H39N5O5S.